The van der Waals surface area contributed by atoms with Crippen LogP contribution in [0.4, 0.5) is 11.5 Å². The number of benzene rings is 2. The second kappa shape index (κ2) is 9.92. The second-order valence-corrected chi connectivity index (χ2v) is 7.88. The lowest BCUT2D eigenvalue weighted by Crippen LogP contribution is -2.05. The van der Waals surface area contributed by atoms with E-state index in [4.69, 9.17) is 21.4 Å². The van der Waals surface area contributed by atoms with Gasteiger partial charge in [0.2, 0.25) is 5.91 Å². The normalized spacial score (nSPS) is 10.7. The zero-order valence-corrected chi connectivity index (χ0v) is 19.8. The van der Waals surface area contributed by atoms with Crippen LogP contribution in [-0.4, -0.2) is 25.4 Å². The van der Waals surface area contributed by atoms with E-state index in [-0.39, 0.29) is 18.3 Å². The van der Waals surface area contributed by atoms with Gasteiger partial charge in [0.15, 0.2) is 11.5 Å². The van der Waals surface area contributed by atoms with Crippen molar-refractivity contribution in [3.8, 4) is 28.3 Å². The molecule has 0 fully saturated rings. The van der Waals surface area contributed by atoms with E-state index in [1.807, 2.05) is 77.4 Å². The number of nitrogen functional groups attached to an aromatic ring is 1. The van der Waals surface area contributed by atoms with Crippen LogP contribution in [0.1, 0.15) is 12.5 Å². The summed E-state index contributed by atoms with van der Waals surface area (Å²) in [7, 11) is 0. The van der Waals surface area contributed by atoms with Gasteiger partial charge in [0, 0.05) is 36.6 Å². The van der Waals surface area contributed by atoms with Crippen molar-refractivity contribution in [1.82, 2.24) is 19.5 Å². The third kappa shape index (κ3) is 4.70. The molecular weight excluding hydrogens is 462 g/mol. The summed E-state index contributed by atoms with van der Waals surface area (Å²) in [5.74, 6) is 0.942. The summed E-state index contributed by atoms with van der Waals surface area (Å²) in [5.41, 5.74) is 18.5. The minimum absolute atomic E-state index is 0. The monoisotopic (exact) mass is 485 g/mol. The third-order valence-corrected chi connectivity index (χ3v) is 5.52. The van der Waals surface area contributed by atoms with Gasteiger partial charge in [0.1, 0.15) is 11.3 Å². The molecule has 0 unspecified atom stereocenters. The molecule has 5 rings (SSSR count). The maximum atomic E-state index is 11.3. The van der Waals surface area contributed by atoms with Crippen molar-refractivity contribution in [2.24, 2.45) is 5.73 Å². The zero-order valence-electron chi connectivity index (χ0n) is 19.0. The van der Waals surface area contributed by atoms with Gasteiger partial charge in [0.25, 0.3) is 0 Å². The number of amides is 1. The summed E-state index contributed by atoms with van der Waals surface area (Å²) >= 11 is 0. The number of anilines is 2. The van der Waals surface area contributed by atoms with Gasteiger partial charge in [-0.3, -0.25) is 9.36 Å². The highest BCUT2D eigenvalue weighted by molar-refractivity contribution is 5.89. The largest absolute Gasteiger partial charge is 0.383 e. The zero-order chi connectivity index (χ0) is 23.7. The van der Waals surface area contributed by atoms with Crippen LogP contribution < -0.4 is 16.8 Å². The number of imidazole rings is 1. The van der Waals surface area contributed by atoms with Gasteiger partial charge in [0.05, 0.1) is 11.3 Å². The van der Waals surface area contributed by atoms with Crippen molar-refractivity contribution in [3.05, 3.63) is 84.6 Å². The molecule has 0 spiro atoms. The SMILES string of the molecule is CC(=O)Nc1ccc(-c2ccc3nc(-c4cccnc4N)n(-c4ccc(CN)cc4)c3n2)cc1.Cl. The molecule has 3 heterocycles. The first-order valence-corrected chi connectivity index (χ1v) is 10.8. The second-order valence-electron chi connectivity index (χ2n) is 7.88. The van der Waals surface area contributed by atoms with Gasteiger partial charge in [-0.05, 0) is 54.1 Å². The summed E-state index contributed by atoms with van der Waals surface area (Å²) in [4.78, 5) is 25.4. The Hall–Kier alpha value is -4.27. The van der Waals surface area contributed by atoms with E-state index in [1.165, 1.54) is 6.92 Å². The van der Waals surface area contributed by atoms with Gasteiger partial charge in [-0.15, -0.1) is 12.4 Å². The van der Waals surface area contributed by atoms with Gasteiger partial charge in [-0.2, -0.15) is 0 Å². The van der Waals surface area contributed by atoms with E-state index in [0.29, 0.717) is 23.8 Å². The molecule has 2 aromatic carbocycles. The number of pyridine rings is 2. The van der Waals surface area contributed by atoms with Crippen molar-refractivity contribution in [2.75, 3.05) is 11.1 Å². The molecule has 0 aliphatic heterocycles. The summed E-state index contributed by atoms with van der Waals surface area (Å²) in [6.45, 7) is 1.95. The molecule has 0 atom stereocenters. The molecule has 0 aliphatic carbocycles. The topological polar surface area (TPSA) is 125 Å². The third-order valence-electron chi connectivity index (χ3n) is 5.52. The van der Waals surface area contributed by atoms with E-state index < -0.39 is 0 Å². The highest BCUT2D eigenvalue weighted by Gasteiger charge is 2.18. The summed E-state index contributed by atoms with van der Waals surface area (Å²) in [6, 6.07) is 23.1. The van der Waals surface area contributed by atoms with Crippen LogP contribution in [0.15, 0.2) is 79.0 Å². The maximum absolute atomic E-state index is 11.3. The van der Waals surface area contributed by atoms with Crippen LogP contribution in [0.2, 0.25) is 0 Å². The molecule has 1 amide bonds. The first-order chi connectivity index (χ1) is 16.5. The fourth-order valence-corrected chi connectivity index (χ4v) is 3.86. The van der Waals surface area contributed by atoms with Gasteiger partial charge >= 0.3 is 0 Å². The molecule has 176 valence electrons. The number of hydrogen-bond donors (Lipinski definition) is 3. The van der Waals surface area contributed by atoms with Crippen molar-refractivity contribution in [3.63, 3.8) is 0 Å². The number of fused-ring (bicyclic) bond motifs is 1. The number of rotatable bonds is 5. The average Bonchev–Trinajstić information content (AvgIpc) is 3.23. The fraction of sp³-hybridized carbons (Fsp3) is 0.0769. The van der Waals surface area contributed by atoms with E-state index >= 15 is 0 Å². The van der Waals surface area contributed by atoms with Crippen molar-refractivity contribution in [2.45, 2.75) is 13.5 Å². The molecule has 5 N–H and O–H groups in total. The van der Waals surface area contributed by atoms with Crippen molar-refractivity contribution in [1.29, 1.82) is 0 Å². The molecule has 0 saturated heterocycles. The van der Waals surface area contributed by atoms with Crippen LogP contribution in [-0.2, 0) is 11.3 Å². The van der Waals surface area contributed by atoms with Crippen LogP contribution in [0.3, 0.4) is 0 Å². The Morgan fingerprint density at radius 1 is 0.971 bits per heavy atom. The molecule has 0 bridgehead atoms. The van der Waals surface area contributed by atoms with E-state index in [9.17, 15) is 4.79 Å². The number of nitrogens with one attached hydrogen (secondary N) is 1. The number of nitrogens with zero attached hydrogens (tertiary/aromatic N) is 4. The van der Waals surface area contributed by atoms with E-state index in [1.54, 1.807) is 6.20 Å². The molecular formula is C26H24ClN7O. The van der Waals surface area contributed by atoms with Crippen LogP contribution in [0, 0.1) is 0 Å². The number of aromatic nitrogens is 4. The highest BCUT2D eigenvalue weighted by atomic mass is 35.5. The molecule has 5 aromatic rings. The first-order valence-electron chi connectivity index (χ1n) is 10.8. The number of halogens is 1. The average molecular weight is 486 g/mol. The van der Waals surface area contributed by atoms with Gasteiger partial charge in [-0.1, -0.05) is 24.3 Å². The highest BCUT2D eigenvalue weighted by Crippen LogP contribution is 2.32. The molecule has 35 heavy (non-hydrogen) atoms. The molecule has 0 saturated carbocycles. The summed E-state index contributed by atoms with van der Waals surface area (Å²) in [5, 5.41) is 2.78. The maximum Gasteiger partial charge on any atom is 0.221 e. The minimum atomic E-state index is -0.112. The molecule has 8 nitrogen and oxygen atoms in total. The lowest BCUT2D eigenvalue weighted by Gasteiger charge is -2.11. The fourth-order valence-electron chi connectivity index (χ4n) is 3.86. The van der Waals surface area contributed by atoms with Crippen molar-refractivity contribution >= 4 is 41.0 Å². The van der Waals surface area contributed by atoms with E-state index in [2.05, 4.69) is 10.3 Å². The quantitative estimate of drug-likeness (QED) is 0.335. The standard InChI is InChI=1S/C26H23N7O.ClH/c1-16(34)30-19-8-6-18(7-9-19)22-12-13-23-26(31-22)33(20-10-4-17(15-27)5-11-20)25(32-23)21-3-2-14-29-24(21)28;/h2-14H,15,27H2,1H3,(H2,28,29)(H,30,34);1H. The Bertz CT molecular complexity index is 1500. The summed E-state index contributed by atoms with van der Waals surface area (Å²) < 4.78 is 1.98. The van der Waals surface area contributed by atoms with Crippen molar-refractivity contribution < 1.29 is 4.79 Å². The van der Waals surface area contributed by atoms with Crippen LogP contribution in [0.25, 0.3) is 39.5 Å². The Labute approximate surface area is 208 Å². The van der Waals surface area contributed by atoms with Gasteiger partial charge in [-0.25, -0.2) is 15.0 Å². The minimum Gasteiger partial charge on any atom is -0.383 e. The van der Waals surface area contributed by atoms with Crippen LogP contribution >= 0.6 is 12.4 Å². The van der Waals surface area contributed by atoms with Gasteiger partial charge < -0.3 is 16.8 Å². The molecule has 9 heteroatoms. The Balaban J connectivity index is 0.00000289. The predicted molar refractivity (Wildman–Crippen MR) is 141 cm³/mol. The Kier molecular flexibility index (Phi) is 6.77. The number of hydrogen-bond acceptors (Lipinski definition) is 6. The molecule has 0 radical (unpaired) electrons. The Morgan fingerprint density at radius 3 is 2.37 bits per heavy atom. The summed E-state index contributed by atoms with van der Waals surface area (Å²) in [6.07, 6.45) is 1.66. The number of carbonyl (C=O) groups is 1. The van der Waals surface area contributed by atoms with E-state index in [0.717, 1.165) is 39.3 Å². The number of nitrogens with two attached hydrogens (primary N) is 2. The van der Waals surface area contributed by atoms with Crippen LogP contribution in [0.5, 0.6) is 0 Å². The Morgan fingerprint density at radius 2 is 1.71 bits per heavy atom. The lowest BCUT2D eigenvalue weighted by molar-refractivity contribution is -0.114. The molecule has 0 aliphatic rings. The lowest BCUT2D eigenvalue weighted by atomic mass is 10.1. The number of carbonyl (C=O) groups excluding carboxylic acids is 1. The molecule has 3 aromatic heterocycles. The predicted octanol–water partition coefficient (Wildman–Crippen LogP) is 4.57. The smallest absolute Gasteiger partial charge is 0.221 e. The first kappa shape index (κ1) is 23.9.